The molecule has 0 saturated carbocycles. The minimum Gasteiger partial charge on any atom is -0.506 e. The van der Waals surface area contributed by atoms with Gasteiger partial charge in [0.1, 0.15) is 5.75 Å². The summed E-state index contributed by atoms with van der Waals surface area (Å²) in [5, 5.41) is 10.2. The molecule has 0 bridgehead atoms. The molecule has 3 N–H and O–H groups in total. The number of hydrogen-bond donors (Lipinski definition) is 3. The van der Waals surface area contributed by atoms with Gasteiger partial charge < -0.3 is 19.1 Å². The van der Waals surface area contributed by atoms with Crippen LogP contribution in [0.3, 0.4) is 0 Å². The van der Waals surface area contributed by atoms with Crippen LogP contribution in [0, 0.1) is 20.8 Å². The number of esters is 2. The molecule has 0 aliphatic heterocycles. The molecule has 0 fully saturated rings. The molecule has 3 aromatic rings. The second kappa shape index (κ2) is 11.3. The van der Waals surface area contributed by atoms with Crippen molar-refractivity contribution in [3.63, 3.8) is 0 Å². The molecule has 3 rings (SSSR count). The van der Waals surface area contributed by atoms with E-state index in [9.17, 15) is 24.3 Å². The molecule has 0 aliphatic rings. The summed E-state index contributed by atoms with van der Waals surface area (Å²) in [5.41, 5.74) is 8.51. The topological polar surface area (TPSA) is 149 Å². The maximum atomic E-state index is 12.9. The molecule has 0 radical (unpaired) electrons. The Morgan fingerprint density at radius 2 is 1.78 bits per heavy atom. The average Bonchev–Trinajstić information content (AvgIpc) is 3.18. The van der Waals surface area contributed by atoms with E-state index in [0.717, 1.165) is 11.4 Å². The van der Waals surface area contributed by atoms with Crippen LogP contribution >= 0.6 is 0 Å². The van der Waals surface area contributed by atoms with E-state index in [4.69, 9.17) is 4.74 Å². The van der Waals surface area contributed by atoms with E-state index >= 15 is 0 Å². The largest absolute Gasteiger partial charge is 0.506 e. The Kier molecular flexibility index (Phi) is 8.18. The Morgan fingerprint density at radius 1 is 1.08 bits per heavy atom. The minimum atomic E-state index is -0.728. The zero-order chi connectivity index (χ0) is 26.4. The van der Waals surface area contributed by atoms with E-state index in [1.54, 1.807) is 11.5 Å². The molecule has 36 heavy (non-hydrogen) atoms. The number of pyridine rings is 1. The van der Waals surface area contributed by atoms with Crippen LogP contribution in [0.2, 0.25) is 0 Å². The zero-order valence-corrected chi connectivity index (χ0v) is 20.2. The maximum Gasteiger partial charge on any atom is 0.343 e. The highest BCUT2D eigenvalue weighted by Gasteiger charge is 2.20. The normalized spacial score (nSPS) is 10.6. The summed E-state index contributed by atoms with van der Waals surface area (Å²) in [6, 6.07) is 8.16. The fourth-order valence-corrected chi connectivity index (χ4v) is 3.56. The summed E-state index contributed by atoms with van der Waals surface area (Å²) in [6.45, 7) is 5.93. The first-order valence-corrected chi connectivity index (χ1v) is 10.9. The first-order valence-electron chi connectivity index (χ1n) is 10.9. The second-order valence-corrected chi connectivity index (χ2v) is 7.92. The standard InChI is InChI=1S/C25H26N4O7/c1-14-5-6-15(2)29(14)22-9-18(7-8-20(22)25(34)36-13-35-17(4)31)24(33)28-27-11-21-19(12-30)10-26-16(3)23(21)32/h5-10,12,27,32H,11,13H2,1-4H3,(H,28,33). The lowest BCUT2D eigenvalue weighted by Gasteiger charge is -2.16. The molecule has 1 aromatic carbocycles. The van der Waals surface area contributed by atoms with Crippen molar-refractivity contribution < 1.29 is 33.8 Å². The molecule has 0 spiro atoms. The van der Waals surface area contributed by atoms with Crippen molar-refractivity contribution in [3.05, 3.63) is 75.9 Å². The zero-order valence-electron chi connectivity index (χ0n) is 20.2. The quantitative estimate of drug-likeness (QED) is 0.176. The highest BCUT2D eigenvalue weighted by atomic mass is 16.7. The Balaban J connectivity index is 1.84. The van der Waals surface area contributed by atoms with Gasteiger partial charge in [-0.2, -0.15) is 0 Å². The number of aromatic nitrogens is 2. The number of carbonyl (C=O) groups excluding carboxylic acids is 4. The number of aldehydes is 1. The second-order valence-electron chi connectivity index (χ2n) is 7.92. The summed E-state index contributed by atoms with van der Waals surface area (Å²) in [6.07, 6.45) is 1.91. The third-order valence-corrected chi connectivity index (χ3v) is 5.41. The lowest BCUT2D eigenvalue weighted by atomic mass is 10.1. The molecule has 2 aromatic heterocycles. The van der Waals surface area contributed by atoms with Gasteiger partial charge in [-0.3, -0.25) is 24.8 Å². The Bertz CT molecular complexity index is 1310. The molecule has 0 saturated heterocycles. The van der Waals surface area contributed by atoms with Crippen molar-refractivity contribution in [1.82, 2.24) is 20.4 Å². The molecule has 1 amide bonds. The predicted octanol–water partition coefficient (Wildman–Crippen LogP) is 2.43. The SMILES string of the molecule is CC(=O)OCOC(=O)c1ccc(C(=O)NNCc2c(C=O)cnc(C)c2O)cc1-n1c(C)ccc1C. The molecule has 0 atom stereocenters. The number of hydrazine groups is 1. The monoisotopic (exact) mass is 494 g/mol. The van der Waals surface area contributed by atoms with Crippen LogP contribution < -0.4 is 10.9 Å². The molecule has 11 nitrogen and oxygen atoms in total. The van der Waals surface area contributed by atoms with Gasteiger partial charge in [0, 0.05) is 47.7 Å². The molecule has 188 valence electrons. The number of aryl methyl sites for hydroxylation is 3. The third kappa shape index (κ3) is 5.76. The summed E-state index contributed by atoms with van der Waals surface area (Å²) in [4.78, 5) is 51.7. The smallest absolute Gasteiger partial charge is 0.343 e. The minimum absolute atomic E-state index is 0.0295. The summed E-state index contributed by atoms with van der Waals surface area (Å²) < 4.78 is 11.5. The number of rotatable bonds is 9. The first-order chi connectivity index (χ1) is 17.1. The summed E-state index contributed by atoms with van der Waals surface area (Å²) in [7, 11) is 0. The molecule has 0 unspecified atom stereocenters. The van der Waals surface area contributed by atoms with Crippen LogP contribution in [-0.4, -0.2) is 45.6 Å². The number of hydrogen-bond acceptors (Lipinski definition) is 9. The van der Waals surface area contributed by atoms with Gasteiger partial charge in [-0.05, 0) is 51.1 Å². The first kappa shape index (κ1) is 26.1. The van der Waals surface area contributed by atoms with E-state index < -0.39 is 24.6 Å². The number of amides is 1. The van der Waals surface area contributed by atoms with E-state index in [0.29, 0.717) is 23.2 Å². The third-order valence-electron chi connectivity index (χ3n) is 5.41. The lowest BCUT2D eigenvalue weighted by molar-refractivity contribution is -0.149. The Hall–Kier alpha value is -4.51. The lowest BCUT2D eigenvalue weighted by Crippen LogP contribution is -2.37. The molecular formula is C25H26N4O7. The van der Waals surface area contributed by atoms with E-state index in [1.807, 2.05) is 26.0 Å². The van der Waals surface area contributed by atoms with Gasteiger partial charge in [-0.1, -0.05) is 0 Å². The van der Waals surface area contributed by atoms with Crippen LogP contribution in [0.5, 0.6) is 5.75 Å². The number of carbonyl (C=O) groups is 4. The van der Waals surface area contributed by atoms with Crippen LogP contribution in [-0.2, 0) is 20.8 Å². The fraction of sp³-hybridized carbons (Fsp3) is 0.240. The summed E-state index contributed by atoms with van der Waals surface area (Å²) in [5.74, 6) is -1.97. The number of ether oxygens (including phenoxy) is 2. The van der Waals surface area contributed by atoms with Gasteiger partial charge in [-0.15, -0.1) is 0 Å². The van der Waals surface area contributed by atoms with E-state index in [2.05, 4.69) is 20.6 Å². The average molecular weight is 495 g/mol. The van der Waals surface area contributed by atoms with Gasteiger partial charge in [0.05, 0.1) is 16.9 Å². The molecule has 11 heteroatoms. The van der Waals surface area contributed by atoms with Gasteiger partial charge in [0.2, 0.25) is 6.79 Å². The van der Waals surface area contributed by atoms with Crippen LogP contribution in [0.4, 0.5) is 0 Å². The fourth-order valence-electron chi connectivity index (χ4n) is 3.56. The molecule has 0 aliphatic carbocycles. The van der Waals surface area contributed by atoms with Gasteiger partial charge >= 0.3 is 11.9 Å². The van der Waals surface area contributed by atoms with Crippen LogP contribution in [0.1, 0.15) is 60.6 Å². The highest BCUT2D eigenvalue weighted by molar-refractivity contribution is 5.99. The van der Waals surface area contributed by atoms with Crippen molar-refractivity contribution in [2.75, 3.05) is 6.79 Å². The van der Waals surface area contributed by atoms with Crippen LogP contribution in [0.25, 0.3) is 5.69 Å². The van der Waals surface area contributed by atoms with Crippen molar-refractivity contribution in [1.29, 1.82) is 0 Å². The van der Waals surface area contributed by atoms with Gasteiger partial charge in [0.25, 0.3) is 5.91 Å². The van der Waals surface area contributed by atoms with Gasteiger partial charge in [0.15, 0.2) is 6.29 Å². The van der Waals surface area contributed by atoms with E-state index in [-0.39, 0.29) is 29.0 Å². The highest BCUT2D eigenvalue weighted by Crippen LogP contribution is 2.24. The number of nitrogens with one attached hydrogen (secondary N) is 2. The van der Waals surface area contributed by atoms with Crippen LogP contribution in [0.15, 0.2) is 36.5 Å². The van der Waals surface area contributed by atoms with Crippen molar-refractivity contribution in [3.8, 4) is 11.4 Å². The summed E-state index contributed by atoms with van der Waals surface area (Å²) >= 11 is 0. The van der Waals surface area contributed by atoms with Crippen molar-refractivity contribution in [2.45, 2.75) is 34.2 Å². The van der Waals surface area contributed by atoms with E-state index in [1.165, 1.54) is 31.3 Å². The van der Waals surface area contributed by atoms with Crippen molar-refractivity contribution in [2.24, 2.45) is 0 Å². The Labute approximate surface area is 207 Å². The van der Waals surface area contributed by atoms with Crippen molar-refractivity contribution >= 4 is 24.1 Å². The number of benzene rings is 1. The molecular weight excluding hydrogens is 468 g/mol. The number of aromatic hydroxyl groups is 1. The predicted molar refractivity (Wildman–Crippen MR) is 128 cm³/mol. The Morgan fingerprint density at radius 3 is 2.42 bits per heavy atom. The number of nitrogens with zero attached hydrogens (tertiary/aromatic N) is 2. The maximum absolute atomic E-state index is 12.9. The van der Waals surface area contributed by atoms with Gasteiger partial charge in [-0.25, -0.2) is 10.2 Å². The molecule has 2 heterocycles.